The first-order valence-electron chi connectivity index (χ1n) is 3.94. The summed E-state index contributed by atoms with van der Waals surface area (Å²) in [6, 6.07) is 0. The third-order valence-electron chi connectivity index (χ3n) is 2.32. The molecule has 0 bridgehead atoms. The van der Waals surface area contributed by atoms with Gasteiger partial charge in [-0.3, -0.25) is 0 Å². The average molecular weight is 208 g/mol. The highest BCUT2D eigenvalue weighted by Gasteiger charge is 2.55. The third-order valence-corrected chi connectivity index (χ3v) is 2.32. The summed E-state index contributed by atoms with van der Waals surface area (Å²) in [5.41, 5.74) is -2.13. The highest BCUT2D eigenvalue weighted by molar-refractivity contribution is 5.78. The van der Waals surface area contributed by atoms with Crippen LogP contribution in [-0.2, 0) is 9.53 Å². The van der Waals surface area contributed by atoms with Gasteiger partial charge in [0.05, 0.1) is 0 Å². The van der Waals surface area contributed by atoms with Crippen LogP contribution in [0.4, 0.5) is 0 Å². The lowest BCUT2D eigenvalue weighted by Gasteiger charge is -2.42. The second-order valence-corrected chi connectivity index (χ2v) is 3.35. The Morgan fingerprint density at radius 1 is 1.21 bits per heavy atom. The second-order valence-electron chi connectivity index (χ2n) is 3.35. The van der Waals surface area contributed by atoms with E-state index in [-0.39, 0.29) is 0 Å². The maximum Gasteiger partial charge on any atom is 0.338 e. The Morgan fingerprint density at radius 3 is 2.14 bits per heavy atom. The summed E-state index contributed by atoms with van der Waals surface area (Å²) in [6.45, 7) is 0.998. The standard InChI is InChI=1S/C7H12O7/c1-7(6(12)13)4(10)2(8)3(9)5(11)14-7/h2-5,8-11H,1H3,(H,12,13)/t2?,3?,4-,5+,7?/m1/s1. The number of ether oxygens (including phenoxy) is 1. The van der Waals surface area contributed by atoms with Gasteiger partial charge in [-0.05, 0) is 6.92 Å². The molecule has 0 aliphatic carbocycles. The maximum absolute atomic E-state index is 10.7. The number of hydrogen-bond donors (Lipinski definition) is 5. The molecule has 1 fully saturated rings. The summed E-state index contributed by atoms with van der Waals surface area (Å²) in [5, 5.41) is 45.3. The largest absolute Gasteiger partial charge is 0.479 e. The van der Waals surface area contributed by atoms with Crippen molar-refractivity contribution in [2.45, 2.75) is 37.1 Å². The first-order valence-corrected chi connectivity index (χ1v) is 3.94. The summed E-state index contributed by atoms with van der Waals surface area (Å²) < 4.78 is 4.53. The van der Waals surface area contributed by atoms with Crippen molar-refractivity contribution in [3.05, 3.63) is 0 Å². The van der Waals surface area contributed by atoms with Gasteiger partial charge in [0, 0.05) is 0 Å². The minimum atomic E-state index is -2.13. The minimum Gasteiger partial charge on any atom is -0.479 e. The maximum atomic E-state index is 10.7. The zero-order chi connectivity index (χ0) is 11.1. The van der Waals surface area contributed by atoms with Crippen molar-refractivity contribution in [3.63, 3.8) is 0 Å². The fourth-order valence-corrected chi connectivity index (χ4v) is 1.25. The summed E-state index contributed by atoms with van der Waals surface area (Å²) >= 11 is 0. The van der Waals surface area contributed by atoms with E-state index in [4.69, 9.17) is 15.3 Å². The van der Waals surface area contributed by atoms with E-state index in [1.54, 1.807) is 0 Å². The predicted octanol–water partition coefficient (Wildman–Crippen LogP) is -2.74. The smallest absolute Gasteiger partial charge is 0.338 e. The van der Waals surface area contributed by atoms with Crippen LogP contribution in [0.2, 0.25) is 0 Å². The van der Waals surface area contributed by atoms with E-state index in [1.165, 1.54) is 0 Å². The molecule has 0 aromatic rings. The SMILES string of the molecule is CC1(C(=O)O)O[C@H](O)C(O)C(O)[C@H]1O. The van der Waals surface area contributed by atoms with Gasteiger partial charge in [0.2, 0.25) is 0 Å². The van der Waals surface area contributed by atoms with Gasteiger partial charge < -0.3 is 30.3 Å². The zero-order valence-electron chi connectivity index (χ0n) is 7.36. The van der Waals surface area contributed by atoms with Crippen LogP contribution in [0.15, 0.2) is 0 Å². The van der Waals surface area contributed by atoms with Gasteiger partial charge in [0.25, 0.3) is 0 Å². The molecule has 0 aromatic carbocycles. The van der Waals surface area contributed by atoms with E-state index in [9.17, 15) is 15.0 Å². The second kappa shape index (κ2) is 3.44. The Morgan fingerprint density at radius 2 is 1.71 bits per heavy atom. The summed E-state index contributed by atoms with van der Waals surface area (Å²) in [4.78, 5) is 10.7. The Bertz CT molecular complexity index is 242. The molecule has 0 spiro atoms. The molecule has 0 saturated carbocycles. The molecule has 3 unspecified atom stereocenters. The highest BCUT2D eigenvalue weighted by Crippen LogP contribution is 2.28. The minimum absolute atomic E-state index is 0.998. The van der Waals surface area contributed by atoms with Gasteiger partial charge >= 0.3 is 5.97 Å². The lowest BCUT2D eigenvalue weighted by Crippen LogP contribution is -2.66. The van der Waals surface area contributed by atoms with Crippen molar-refractivity contribution < 1.29 is 35.1 Å². The molecule has 5 atom stereocenters. The van der Waals surface area contributed by atoms with E-state index in [2.05, 4.69) is 4.74 Å². The number of carboxylic acids is 1. The number of rotatable bonds is 1. The third kappa shape index (κ3) is 1.49. The number of aliphatic hydroxyl groups excluding tert-OH is 4. The van der Waals surface area contributed by atoms with Crippen molar-refractivity contribution in [2.24, 2.45) is 0 Å². The van der Waals surface area contributed by atoms with E-state index < -0.39 is 36.2 Å². The van der Waals surface area contributed by atoms with Gasteiger partial charge in [0.15, 0.2) is 11.9 Å². The first-order chi connectivity index (χ1) is 6.30. The normalized spacial score (nSPS) is 48.9. The van der Waals surface area contributed by atoms with Crippen LogP contribution in [0.25, 0.3) is 0 Å². The number of aliphatic carboxylic acids is 1. The average Bonchev–Trinajstić information content (AvgIpc) is 2.11. The van der Waals surface area contributed by atoms with Crippen molar-refractivity contribution in [2.75, 3.05) is 0 Å². The Balaban J connectivity index is 2.96. The summed E-state index contributed by atoms with van der Waals surface area (Å²) in [5.74, 6) is -1.53. The lowest BCUT2D eigenvalue weighted by molar-refractivity contribution is -0.310. The molecular formula is C7H12O7. The Kier molecular flexibility index (Phi) is 2.79. The first kappa shape index (κ1) is 11.3. The van der Waals surface area contributed by atoms with Crippen molar-refractivity contribution >= 4 is 5.97 Å². The highest BCUT2D eigenvalue weighted by atomic mass is 16.7. The monoisotopic (exact) mass is 208 g/mol. The molecule has 7 nitrogen and oxygen atoms in total. The number of carbonyl (C=O) groups is 1. The number of aliphatic hydroxyl groups is 4. The van der Waals surface area contributed by atoms with Crippen LogP contribution in [-0.4, -0.2) is 61.7 Å². The van der Waals surface area contributed by atoms with Crippen molar-refractivity contribution in [1.29, 1.82) is 0 Å². The zero-order valence-corrected chi connectivity index (χ0v) is 7.36. The fraction of sp³-hybridized carbons (Fsp3) is 0.857. The van der Waals surface area contributed by atoms with Crippen molar-refractivity contribution in [1.82, 2.24) is 0 Å². The molecule has 82 valence electrons. The van der Waals surface area contributed by atoms with Crippen LogP contribution in [0.3, 0.4) is 0 Å². The molecule has 1 saturated heterocycles. The van der Waals surface area contributed by atoms with Crippen molar-refractivity contribution in [3.8, 4) is 0 Å². The van der Waals surface area contributed by atoms with Gasteiger partial charge in [-0.15, -0.1) is 0 Å². The van der Waals surface area contributed by atoms with Gasteiger partial charge in [-0.25, -0.2) is 4.79 Å². The van der Waals surface area contributed by atoms with Crippen LogP contribution < -0.4 is 0 Å². The van der Waals surface area contributed by atoms with E-state index in [0.717, 1.165) is 6.92 Å². The van der Waals surface area contributed by atoms with E-state index in [0.29, 0.717) is 0 Å². The molecule has 1 rings (SSSR count). The molecule has 0 aromatic heterocycles. The van der Waals surface area contributed by atoms with Crippen LogP contribution in [0, 0.1) is 0 Å². The number of hydrogen-bond acceptors (Lipinski definition) is 6. The summed E-state index contributed by atoms with van der Waals surface area (Å²) in [7, 11) is 0. The van der Waals surface area contributed by atoms with Crippen LogP contribution >= 0.6 is 0 Å². The molecule has 14 heavy (non-hydrogen) atoms. The Labute approximate surface area is 79.2 Å². The lowest BCUT2D eigenvalue weighted by atomic mass is 9.88. The van der Waals surface area contributed by atoms with Gasteiger partial charge in [-0.2, -0.15) is 0 Å². The molecule has 7 heteroatoms. The van der Waals surface area contributed by atoms with Crippen LogP contribution in [0.5, 0.6) is 0 Å². The predicted molar refractivity (Wildman–Crippen MR) is 41.2 cm³/mol. The molecular weight excluding hydrogens is 196 g/mol. The molecule has 1 heterocycles. The fourth-order valence-electron chi connectivity index (χ4n) is 1.25. The van der Waals surface area contributed by atoms with Gasteiger partial charge in [0.1, 0.15) is 18.3 Å². The quantitative estimate of drug-likeness (QED) is 0.316. The number of carboxylic acid groups (broad SMARTS) is 1. The molecule has 5 N–H and O–H groups in total. The van der Waals surface area contributed by atoms with Gasteiger partial charge in [-0.1, -0.05) is 0 Å². The van der Waals surface area contributed by atoms with E-state index in [1.807, 2.05) is 0 Å². The molecule has 0 radical (unpaired) electrons. The molecule has 1 aliphatic heterocycles. The Hall–Kier alpha value is -0.730. The van der Waals surface area contributed by atoms with Crippen LogP contribution in [0.1, 0.15) is 6.92 Å². The topological polar surface area (TPSA) is 127 Å². The van der Waals surface area contributed by atoms with E-state index >= 15 is 0 Å². The molecule has 1 aliphatic rings. The molecule has 0 amide bonds. The summed E-state index contributed by atoms with van der Waals surface area (Å²) in [6.07, 6.45) is -7.13.